The van der Waals surface area contributed by atoms with Crippen molar-refractivity contribution in [3.8, 4) is 0 Å². The van der Waals surface area contributed by atoms with Crippen molar-refractivity contribution in [2.24, 2.45) is 11.8 Å². The molecule has 1 rings (SSSR count). The summed E-state index contributed by atoms with van der Waals surface area (Å²) >= 11 is 0. The third kappa shape index (κ3) is 2.43. The SMILES string of the molecule is CC(=O)CC[C@H]1CC(=O)C[C@@H]1C. The predicted octanol–water partition coefficient (Wildman–Crippen LogP) is 1.97. The maximum Gasteiger partial charge on any atom is 0.133 e. The highest BCUT2D eigenvalue weighted by Crippen LogP contribution is 2.31. The van der Waals surface area contributed by atoms with E-state index < -0.39 is 0 Å². The molecule has 2 nitrogen and oxygen atoms in total. The molecule has 12 heavy (non-hydrogen) atoms. The Morgan fingerprint density at radius 1 is 1.50 bits per heavy atom. The maximum absolute atomic E-state index is 11.0. The van der Waals surface area contributed by atoms with Crippen LogP contribution in [-0.2, 0) is 9.59 Å². The second kappa shape index (κ2) is 3.83. The summed E-state index contributed by atoms with van der Waals surface area (Å²) in [5.41, 5.74) is 0. The first-order valence-corrected chi connectivity index (χ1v) is 4.60. The summed E-state index contributed by atoms with van der Waals surface area (Å²) in [6.07, 6.45) is 2.97. The molecule has 0 heterocycles. The molecule has 1 aliphatic rings. The second-order valence-electron chi connectivity index (χ2n) is 3.92. The Bertz CT molecular complexity index is 196. The van der Waals surface area contributed by atoms with Gasteiger partial charge in [-0.2, -0.15) is 0 Å². The van der Waals surface area contributed by atoms with Gasteiger partial charge >= 0.3 is 0 Å². The van der Waals surface area contributed by atoms with Crippen LogP contribution in [0, 0.1) is 11.8 Å². The Kier molecular flexibility index (Phi) is 3.01. The summed E-state index contributed by atoms with van der Waals surface area (Å²) in [6.45, 7) is 3.72. The molecule has 2 heteroatoms. The molecule has 0 aromatic rings. The van der Waals surface area contributed by atoms with Crippen LogP contribution in [0.1, 0.15) is 39.5 Å². The Morgan fingerprint density at radius 2 is 2.17 bits per heavy atom. The highest BCUT2D eigenvalue weighted by molar-refractivity contribution is 5.81. The molecule has 0 N–H and O–H groups in total. The van der Waals surface area contributed by atoms with Crippen molar-refractivity contribution < 1.29 is 9.59 Å². The van der Waals surface area contributed by atoms with Gasteiger partial charge < -0.3 is 4.79 Å². The van der Waals surface area contributed by atoms with Gasteiger partial charge in [0.2, 0.25) is 0 Å². The summed E-state index contributed by atoms with van der Waals surface area (Å²) in [7, 11) is 0. The van der Waals surface area contributed by atoms with E-state index in [-0.39, 0.29) is 5.78 Å². The molecule has 0 spiro atoms. The van der Waals surface area contributed by atoms with Crippen LogP contribution in [0.25, 0.3) is 0 Å². The van der Waals surface area contributed by atoms with Gasteiger partial charge in [0.05, 0.1) is 0 Å². The number of rotatable bonds is 3. The van der Waals surface area contributed by atoms with Gasteiger partial charge in [-0.3, -0.25) is 4.79 Å². The molecule has 0 aromatic carbocycles. The zero-order chi connectivity index (χ0) is 9.14. The zero-order valence-electron chi connectivity index (χ0n) is 7.80. The Hall–Kier alpha value is -0.660. The van der Waals surface area contributed by atoms with Crippen LogP contribution in [0.5, 0.6) is 0 Å². The van der Waals surface area contributed by atoms with Crippen molar-refractivity contribution in [2.45, 2.75) is 39.5 Å². The normalized spacial score (nSPS) is 29.3. The maximum atomic E-state index is 11.0. The summed E-state index contributed by atoms with van der Waals surface area (Å²) in [6, 6.07) is 0. The third-order valence-corrected chi connectivity index (χ3v) is 2.71. The summed E-state index contributed by atoms with van der Waals surface area (Å²) in [5.74, 6) is 1.58. The van der Waals surface area contributed by atoms with Crippen molar-refractivity contribution in [1.29, 1.82) is 0 Å². The average molecular weight is 168 g/mol. The number of hydrogen-bond acceptors (Lipinski definition) is 2. The molecule has 0 bridgehead atoms. The van der Waals surface area contributed by atoms with Crippen LogP contribution < -0.4 is 0 Å². The van der Waals surface area contributed by atoms with Gasteiger partial charge in [0.1, 0.15) is 11.6 Å². The molecule has 0 saturated heterocycles. The molecule has 0 aromatic heterocycles. The Morgan fingerprint density at radius 3 is 2.58 bits per heavy atom. The minimum Gasteiger partial charge on any atom is -0.300 e. The lowest BCUT2D eigenvalue weighted by molar-refractivity contribution is -0.119. The van der Waals surface area contributed by atoms with Crippen LogP contribution >= 0.6 is 0 Å². The van der Waals surface area contributed by atoms with E-state index in [2.05, 4.69) is 6.92 Å². The lowest BCUT2D eigenvalue weighted by Crippen LogP contribution is -2.05. The molecule has 1 fully saturated rings. The minimum absolute atomic E-state index is 0.238. The highest BCUT2D eigenvalue weighted by atomic mass is 16.1. The van der Waals surface area contributed by atoms with Gasteiger partial charge in [-0.05, 0) is 25.2 Å². The quantitative estimate of drug-likeness (QED) is 0.645. The first-order chi connectivity index (χ1) is 5.59. The molecule has 1 aliphatic carbocycles. The van der Waals surface area contributed by atoms with E-state index in [1.165, 1.54) is 0 Å². The van der Waals surface area contributed by atoms with E-state index in [9.17, 15) is 9.59 Å². The molecule has 0 unspecified atom stereocenters. The molecular weight excluding hydrogens is 152 g/mol. The Labute approximate surface area is 73.3 Å². The summed E-state index contributed by atoms with van der Waals surface area (Å²) < 4.78 is 0. The molecule has 68 valence electrons. The number of carbonyl (C=O) groups excluding carboxylic acids is 2. The van der Waals surface area contributed by atoms with Gasteiger partial charge in [-0.15, -0.1) is 0 Å². The van der Waals surface area contributed by atoms with Gasteiger partial charge in [-0.1, -0.05) is 6.92 Å². The lowest BCUT2D eigenvalue weighted by atomic mass is 9.92. The lowest BCUT2D eigenvalue weighted by Gasteiger charge is -2.11. The van der Waals surface area contributed by atoms with E-state index in [0.717, 1.165) is 12.8 Å². The third-order valence-electron chi connectivity index (χ3n) is 2.71. The highest BCUT2D eigenvalue weighted by Gasteiger charge is 2.29. The predicted molar refractivity (Wildman–Crippen MR) is 46.8 cm³/mol. The fourth-order valence-electron chi connectivity index (χ4n) is 1.88. The van der Waals surface area contributed by atoms with E-state index in [0.29, 0.717) is 30.5 Å². The van der Waals surface area contributed by atoms with E-state index in [4.69, 9.17) is 0 Å². The molecule has 1 saturated carbocycles. The molecular formula is C10H16O2. The largest absolute Gasteiger partial charge is 0.300 e. The molecule has 0 radical (unpaired) electrons. The number of Topliss-reactive ketones (excluding diaryl/α,β-unsaturated/α-hetero) is 2. The van der Waals surface area contributed by atoms with Crippen LogP contribution in [0.2, 0.25) is 0 Å². The fourth-order valence-corrected chi connectivity index (χ4v) is 1.88. The molecule has 2 atom stereocenters. The standard InChI is InChI=1S/C10H16O2/c1-7-5-10(12)6-9(7)4-3-8(2)11/h7,9H,3-6H2,1-2H3/t7-,9-/m0/s1. The molecule has 0 amide bonds. The van der Waals surface area contributed by atoms with Crippen LogP contribution in [0.3, 0.4) is 0 Å². The van der Waals surface area contributed by atoms with Crippen molar-refractivity contribution >= 4 is 11.6 Å². The van der Waals surface area contributed by atoms with Crippen LogP contribution in [0.15, 0.2) is 0 Å². The van der Waals surface area contributed by atoms with Crippen molar-refractivity contribution in [3.63, 3.8) is 0 Å². The minimum atomic E-state index is 0.238. The topological polar surface area (TPSA) is 34.1 Å². The first kappa shape index (κ1) is 9.43. The van der Waals surface area contributed by atoms with Gasteiger partial charge in [0, 0.05) is 19.3 Å². The summed E-state index contributed by atoms with van der Waals surface area (Å²) in [5, 5.41) is 0. The molecule has 0 aliphatic heterocycles. The number of hydrogen-bond donors (Lipinski definition) is 0. The zero-order valence-corrected chi connectivity index (χ0v) is 7.80. The van der Waals surface area contributed by atoms with E-state index in [1.54, 1.807) is 6.92 Å². The van der Waals surface area contributed by atoms with Crippen molar-refractivity contribution in [1.82, 2.24) is 0 Å². The average Bonchev–Trinajstić information content (AvgIpc) is 2.26. The van der Waals surface area contributed by atoms with Crippen LogP contribution in [-0.4, -0.2) is 11.6 Å². The second-order valence-corrected chi connectivity index (χ2v) is 3.92. The van der Waals surface area contributed by atoms with Gasteiger partial charge in [0.25, 0.3) is 0 Å². The first-order valence-electron chi connectivity index (χ1n) is 4.60. The monoisotopic (exact) mass is 168 g/mol. The fraction of sp³-hybridized carbons (Fsp3) is 0.800. The van der Waals surface area contributed by atoms with Crippen molar-refractivity contribution in [3.05, 3.63) is 0 Å². The van der Waals surface area contributed by atoms with E-state index in [1.807, 2.05) is 0 Å². The van der Waals surface area contributed by atoms with E-state index >= 15 is 0 Å². The smallest absolute Gasteiger partial charge is 0.133 e. The van der Waals surface area contributed by atoms with Crippen LogP contribution in [0.4, 0.5) is 0 Å². The van der Waals surface area contributed by atoms with Gasteiger partial charge in [-0.25, -0.2) is 0 Å². The van der Waals surface area contributed by atoms with Crippen molar-refractivity contribution in [2.75, 3.05) is 0 Å². The number of carbonyl (C=O) groups is 2. The number of ketones is 2. The summed E-state index contributed by atoms with van der Waals surface area (Å²) in [4.78, 5) is 21.7. The van der Waals surface area contributed by atoms with Gasteiger partial charge in [0.15, 0.2) is 0 Å². The Balaban J connectivity index is 2.33.